The largest absolute Gasteiger partial charge is 0.208 e. The highest BCUT2D eigenvalue weighted by Crippen LogP contribution is 2.38. The second-order valence-corrected chi connectivity index (χ2v) is 11.9. The molecule has 0 aliphatic heterocycles. The fourth-order valence-electron chi connectivity index (χ4n) is 5.37. The van der Waals surface area contributed by atoms with E-state index in [0.29, 0.717) is 16.7 Å². The lowest BCUT2D eigenvalue weighted by atomic mass is 10.0. The minimum atomic E-state index is -0.692. The third kappa shape index (κ3) is 5.69. The van der Waals surface area contributed by atoms with Crippen LogP contribution in [0, 0.1) is 0 Å². The summed E-state index contributed by atoms with van der Waals surface area (Å²) >= 11 is 0.845. The van der Waals surface area contributed by atoms with Crippen LogP contribution in [0.15, 0.2) is 176 Å². The molecule has 0 N–H and O–H groups in total. The second kappa shape index (κ2) is 12.4. The summed E-state index contributed by atoms with van der Waals surface area (Å²) in [6.07, 6.45) is 0. The molecule has 0 spiro atoms. The average molecular weight is 660 g/mol. The van der Waals surface area contributed by atoms with E-state index in [2.05, 4.69) is 0 Å². The van der Waals surface area contributed by atoms with Gasteiger partial charge in [0.25, 0.3) is 0 Å². The highest BCUT2D eigenvalue weighted by molar-refractivity contribution is 7.25. The van der Waals surface area contributed by atoms with Gasteiger partial charge in [0.05, 0.1) is 21.9 Å². The van der Waals surface area contributed by atoms with Gasteiger partial charge in [-0.05, 0) is 51.5 Å². The standard InChI is InChI=1S/C45H29N3S/c1-4-10-30(11-5-1)33-16-20-35(21-17-33)43-46-44(36-22-18-34(19-23-36)31-12-6-2-7-13-31)48-45(47-43)38-24-26-39-40-28-37(32-14-8-3-9-15-32)25-27-41(40)49-42(39)29-38/h1-29H/i1D,3D,4D,5D,8D,9D,10D,11D,14D,15D,24D,25D,26D,27D,28D,29D. The summed E-state index contributed by atoms with van der Waals surface area (Å²) < 4.78 is 138. The first-order valence-electron chi connectivity index (χ1n) is 23.1. The molecule has 0 aliphatic rings. The predicted octanol–water partition coefficient (Wildman–Crippen LogP) is 12.2. The highest BCUT2D eigenvalue weighted by Gasteiger charge is 2.15. The van der Waals surface area contributed by atoms with Crippen LogP contribution in [-0.2, 0) is 0 Å². The van der Waals surface area contributed by atoms with Gasteiger partial charge in [-0.3, -0.25) is 0 Å². The highest BCUT2D eigenvalue weighted by atomic mass is 32.1. The van der Waals surface area contributed by atoms with E-state index in [1.807, 2.05) is 42.5 Å². The number of fused-ring (bicyclic) bond motifs is 3. The Labute approximate surface area is 311 Å². The van der Waals surface area contributed by atoms with Crippen molar-refractivity contribution in [2.45, 2.75) is 0 Å². The Morgan fingerprint density at radius 1 is 0.347 bits per heavy atom. The van der Waals surface area contributed by atoms with Crippen molar-refractivity contribution in [2.75, 3.05) is 0 Å². The smallest absolute Gasteiger partial charge is 0.164 e. The van der Waals surface area contributed by atoms with Crippen LogP contribution in [0.5, 0.6) is 0 Å². The van der Waals surface area contributed by atoms with Crippen molar-refractivity contribution >= 4 is 31.5 Å². The fraction of sp³-hybridized carbons (Fsp3) is 0. The number of hydrogen-bond acceptors (Lipinski definition) is 4. The van der Waals surface area contributed by atoms with Crippen LogP contribution in [0.4, 0.5) is 0 Å². The van der Waals surface area contributed by atoms with Crippen LogP contribution in [0.1, 0.15) is 21.9 Å². The summed E-state index contributed by atoms with van der Waals surface area (Å²) in [5.41, 5.74) is 2.12. The van der Waals surface area contributed by atoms with Crippen molar-refractivity contribution in [3.63, 3.8) is 0 Å². The van der Waals surface area contributed by atoms with Gasteiger partial charge in [0.2, 0.25) is 0 Å². The molecular weight excluding hydrogens is 615 g/mol. The molecule has 0 atom stereocenters. The van der Waals surface area contributed by atoms with Gasteiger partial charge in [0.1, 0.15) is 0 Å². The van der Waals surface area contributed by atoms with E-state index in [0.717, 1.165) is 22.5 Å². The fourth-order valence-corrected chi connectivity index (χ4v) is 6.34. The predicted molar refractivity (Wildman–Crippen MR) is 205 cm³/mol. The van der Waals surface area contributed by atoms with Gasteiger partial charge in [-0.25, -0.2) is 15.0 Å². The second-order valence-electron chi connectivity index (χ2n) is 10.8. The molecule has 0 fully saturated rings. The number of rotatable bonds is 6. The van der Waals surface area contributed by atoms with Crippen molar-refractivity contribution in [1.29, 1.82) is 0 Å². The molecule has 0 saturated carbocycles. The van der Waals surface area contributed by atoms with Gasteiger partial charge < -0.3 is 0 Å². The van der Waals surface area contributed by atoms with Crippen LogP contribution in [-0.4, -0.2) is 15.0 Å². The summed E-state index contributed by atoms with van der Waals surface area (Å²) in [6, 6.07) is 14.9. The maximum absolute atomic E-state index is 9.52. The van der Waals surface area contributed by atoms with Crippen molar-refractivity contribution in [1.82, 2.24) is 15.0 Å². The topological polar surface area (TPSA) is 38.7 Å². The molecule has 4 heteroatoms. The minimum Gasteiger partial charge on any atom is -0.208 e. The zero-order valence-corrected chi connectivity index (χ0v) is 26.1. The van der Waals surface area contributed by atoms with E-state index in [1.54, 1.807) is 36.4 Å². The van der Waals surface area contributed by atoms with E-state index >= 15 is 0 Å². The molecule has 0 unspecified atom stereocenters. The van der Waals surface area contributed by atoms with Gasteiger partial charge in [-0.1, -0.05) is 157 Å². The lowest BCUT2D eigenvalue weighted by Gasteiger charge is -2.10. The Balaban J connectivity index is 1.26. The van der Waals surface area contributed by atoms with E-state index in [-0.39, 0.29) is 66.9 Å². The van der Waals surface area contributed by atoms with Gasteiger partial charge in [0, 0.05) is 36.9 Å². The molecule has 3 nitrogen and oxygen atoms in total. The van der Waals surface area contributed by atoms with E-state index in [9.17, 15) is 5.48 Å². The number of aromatic nitrogens is 3. The third-order valence-electron chi connectivity index (χ3n) is 7.80. The molecule has 2 aromatic heterocycles. The lowest BCUT2D eigenvalue weighted by Crippen LogP contribution is -2.00. The van der Waals surface area contributed by atoms with Gasteiger partial charge in [-0.2, -0.15) is 0 Å². The van der Waals surface area contributed by atoms with E-state index in [1.165, 1.54) is 0 Å². The molecule has 0 aliphatic carbocycles. The first-order valence-corrected chi connectivity index (χ1v) is 15.9. The van der Waals surface area contributed by atoms with Crippen molar-refractivity contribution in [3.8, 4) is 67.5 Å². The molecule has 2 heterocycles. The van der Waals surface area contributed by atoms with Gasteiger partial charge in [-0.15, -0.1) is 11.3 Å². The molecule has 0 radical (unpaired) electrons. The molecular formula is C45H29N3S. The Hall–Kier alpha value is -6.23. The third-order valence-corrected chi connectivity index (χ3v) is 8.82. The molecule has 0 saturated heterocycles. The average Bonchev–Trinajstić information content (AvgIpc) is 3.74. The summed E-state index contributed by atoms with van der Waals surface area (Å²) in [6.45, 7) is 0. The first kappa shape index (κ1) is 16.7. The van der Waals surface area contributed by atoms with Crippen LogP contribution in [0.3, 0.4) is 0 Å². The van der Waals surface area contributed by atoms with E-state index < -0.39 is 89.7 Å². The Morgan fingerprint density at radius 2 is 0.837 bits per heavy atom. The molecule has 49 heavy (non-hydrogen) atoms. The van der Waals surface area contributed by atoms with Crippen LogP contribution in [0.25, 0.3) is 87.7 Å². The van der Waals surface area contributed by atoms with Gasteiger partial charge >= 0.3 is 0 Å². The van der Waals surface area contributed by atoms with Crippen LogP contribution >= 0.6 is 11.3 Å². The Morgan fingerprint density at radius 3 is 1.45 bits per heavy atom. The monoisotopic (exact) mass is 659 g/mol. The molecule has 230 valence electrons. The van der Waals surface area contributed by atoms with Crippen LogP contribution in [0.2, 0.25) is 0 Å². The Bertz CT molecular complexity index is 3430. The first-order chi connectivity index (χ1) is 30.9. The molecule has 0 amide bonds. The molecule has 0 bridgehead atoms. The zero-order chi connectivity index (χ0) is 46.5. The number of nitrogens with zero attached hydrogens (tertiary/aromatic N) is 3. The molecule has 9 aromatic rings. The van der Waals surface area contributed by atoms with Crippen molar-refractivity contribution in [3.05, 3.63) is 176 Å². The quantitative estimate of drug-likeness (QED) is 0.178. The normalized spacial score (nSPS) is 15.8. The SMILES string of the molecule is [2H]c1c([2H])c([2H])c(-c2ccc(-c3nc(-c4ccc(-c5ccccc5)cc4)nc(-c4c([2H])c([2H])c5c(sc6c([2H])c([2H])c(-c7c([2H])c([2H])c([2H])c([2H])c7[2H])c([2H])c65)c4[2H])n3)cc2)c([2H])c1[2H]. The molecule has 9 rings (SSSR count). The van der Waals surface area contributed by atoms with Gasteiger partial charge in [0.15, 0.2) is 17.5 Å². The van der Waals surface area contributed by atoms with Crippen molar-refractivity contribution < 1.29 is 21.9 Å². The number of thiophene rings is 1. The molecule has 7 aromatic carbocycles. The Kier molecular flexibility index (Phi) is 4.24. The lowest BCUT2D eigenvalue weighted by molar-refractivity contribution is 1.07. The van der Waals surface area contributed by atoms with Crippen LogP contribution < -0.4 is 0 Å². The zero-order valence-electron chi connectivity index (χ0n) is 41.3. The summed E-state index contributed by atoms with van der Waals surface area (Å²) in [5, 5.41) is -0.147. The minimum absolute atomic E-state index is 0.0000307. The maximum Gasteiger partial charge on any atom is 0.164 e. The van der Waals surface area contributed by atoms with E-state index in [4.69, 9.17) is 31.4 Å². The summed E-state index contributed by atoms with van der Waals surface area (Å²) in [4.78, 5) is 14.2. The number of benzene rings is 7. The summed E-state index contributed by atoms with van der Waals surface area (Å²) in [5.74, 6) is 0.0634. The number of hydrogen-bond donors (Lipinski definition) is 0. The summed E-state index contributed by atoms with van der Waals surface area (Å²) in [7, 11) is 0. The maximum atomic E-state index is 9.52. The van der Waals surface area contributed by atoms with Crippen molar-refractivity contribution in [2.24, 2.45) is 0 Å².